The van der Waals surface area contributed by atoms with Gasteiger partial charge in [-0.2, -0.15) is 0 Å². The van der Waals surface area contributed by atoms with Gasteiger partial charge in [0.1, 0.15) is 11.5 Å². The number of benzene rings is 2. The number of rotatable bonds is 11. The quantitative estimate of drug-likeness (QED) is 0.283. The van der Waals surface area contributed by atoms with E-state index in [2.05, 4.69) is 0 Å². The van der Waals surface area contributed by atoms with Gasteiger partial charge in [0.05, 0.1) is 0 Å². The Morgan fingerprint density at radius 1 is 0.417 bits per heavy atom. The Morgan fingerprint density at radius 3 is 1.08 bits per heavy atom. The Balaban J connectivity index is 1.15. The van der Waals surface area contributed by atoms with Crippen molar-refractivity contribution < 1.29 is 29.4 Å². The number of carbonyl (C=O) groups is 4. The lowest BCUT2D eigenvalue weighted by atomic mass is 9.86. The molecule has 2 aliphatic carbocycles. The third-order valence-corrected chi connectivity index (χ3v) is 6.99. The summed E-state index contributed by atoms with van der Waals surface area (Å²) < 4.78 is 0. The molecular formula is C30H30O6. The first-order chi connectivity index (χ1) is 17.4. The SMILES string of the molecule is O=C1C(=O)c2ccccc2C(O)=C1CCCCCCCCCCC1=C(O)c2ccccc2C(=O)C1=O. The lowest BCUT2D eigenvalue weighted by Crippen LogP contribution is -2.24. The second-order valence-electron chi connectivity index (χ2n) is 9.39. The zero-order valence-corrected chi connectivity index (χ0v) is 20.2. The van der Waals surface area contributed by atoms with E-state index in [1.165, 1.54) is 0 Å². The predicted octanol–water partition coefficient (Wildman–Crippen LogP) is 6.36. The minimum atomic E-state index is -0.603. The minimum absolute atomic E-state index is 0.0713. The molecule has 4 rings (SSSR count). The lowest BCUT2D eigenvalue weighted by Gasteiger charge is -2.17. The summed E-state index contributed by atoms with van der Waals surface area (Å²) >= 11 is 0. The molecule has 2 aromatic carbocycles. The number of ketones is 4. The van der Waals surface area contributed by atoms with Crippen LogP contribution in [-0.4, -0.2) is 33.3 Å². The molecule has 0 atom stereocenters. The Bertz CT molecular complexity index is 1180. The number of carbonyl (C=O) groups excluding carboxylic acids is 4. The summed E-state index contributed by atoms with van der Waals surface area (Å²) in [6.07, 6.45) is 8.06. The van der Waals surface area contributed by atoms with E-state index in [9.17, 15) is 29.4 Å². The van der Waals surface area contributed by atoms with Gasteiger partial charge in [0.15, 0.2) is 0 Å². The van der Waals surface area contributed by atoms with Gasteiger partial charge in [-0.25, -0.2) is 0 Å². The van der Waals surface area contributed by atoms with E-state index in [4.69, 9.17) is 0 Å². The van der Waals surface area contributed by atoms with Gasteiger partial charge in [0, 0.05) is 33.4 Å². The molecule has 2 aromatic rings. The van der Waals surface area contributed by atoms with Crippen LogP contribution in [0.15, 0.2) is 59.7 Å². The normalized spacial score (nSPS) is 15.4. The molecule has 0 heterocycles. The molecule has 186 valence electrons. The molecule has 0 saturated heterocycles. The predicted molar refractivity (Wildman–Crippen MR) is 137 cm³/mol. The molecule has 0 fully saturated rings. The molecule has 36 heavy (non-hydrogen) atoms. The summed E-state index contributed by atoms with van der Waals surface area (Å²) in [5, 5.41) is 20.9. The molecule has 0 spiro atoms. The number of allylic oxidation sites excluding steroid dienone is 2. The van der Waals surface area contributed by atoms with Gasteiger partial charge >= 0.3 is 0 Å². The third-order valence-electron chi connectivity index (χ3n) is 6.99. The van der Waals surface area contributed by atoms with Crippen LogP contribution in [-0.2, 0) is 9.59 Å². The van der Waals surface area contributed by atoms with Crippen molar-refractivity contribution in [1.82, 2.24) is 0 Å². The summed E-state index contributed by atoms with van der Waals surface area (Å²) in [5.74, 6) is -2.45. The molecule has 6 heteroatoms. The Kier molecular flexibility index (Phi) is 7.93. The highest BCUT2D eigenvalue weighted by Crippen LogP contribution is 2.31. The summed E-state index contributed by atoms with van der Waals surface area (Å²) in [7, 11) is 0. The van der Waals surface area contributed by atoms with Crippen LogP contribution in [0.1, 0.15) is 96.1 Å². The zero-order valence-electron chi connectivity index (χ0n) is 20.2. The monoisotopic (exact) mass is 486 g/mol. The van der Waals surface area contributed by atoms with Crippen LogP contribution < -0.4 is 0 Å². The first-order valence-electron chi connectivity index (χ1n) is 12.6. The van der Waals surface area contributed by atoms with Crippen molar-refractivity contribution in [1.29, 1.82) is 0 Å². The van der Waals surface area contributed by atoms with E-state index in [-0.39, 0.29) is 33.8 Å². The number of hydrogen-bond acceptors (Lipinski definition) is 6. The van der Waals surface area contributed by atoms with E-state index in [0.717, 1.165) is 51.4 Å². The Labute approximate surface area is 210 Å². The first-order valence-corrected chi connectivity index (χ1v) is 12.6. The fraction of sp³-hybridized carbons (Fsp3) is 0.333. The number of aliphatic hydroxyl groups is 2. The number of fused-ring (bicyclic) bond motifs is 2. The van der Waals surface area contributed by atoms with E-state index in [0.29, 0.717) is 24.0 Å². The molecular weight excluding hydrogens is 456 g/mol. The van der Waals surface area contributed by atoms with Crippen LogP contribution in [0.3, 0.4) is 0 Å². The highest BCUT2D eigenvalue weighted by atomic mass is 16.3. The van der Waals surface area contributed by atoms with Crippen LogP contribution in [0.4, 0.5) is 0 Å². The average Bonchev–Trinajstić information content (AvgIpc) is 2.90. The highest BCUT2D eigenvalue weighted by molar-refractivity contribution is 6.52. The first kappa shape index (κ1) is 25.3. The molecule has 0 aromatic heterocycles. The average molecular weight is 487 g/mol. The largest absolute Gasteiger partial charge is 0.507 e. The summed E-state index contributed by atoms with van der Waals surface area (Å²) in [6, 6.07) is 13.3. The number of hydrogen-bond donors (Lipinski definition) is 2. The second kappa shape index (κ2) is 11.3. The van der Waals surface area contributed by atoms with Crippen molar-refractivity contribution in [2.75, 3.05) is 0 Å². The maximum Gasteiger partial charge on any atom is 0.234 e. The maximum atomic E-state index is 12.4. The van der Waals surface area contributed by atoms with Gasteiger partial charge < -0.3 is 10.2 Å². The van der Waals surface area contributed by atoms with Crippen LogP contribution in [0, 0.1) is 0 Å². The zero-order chi connectivity index (χ0) is 25.7. The van der Waals surface area contributed by atoms with E-state index >= 15 is 0 Å². The third kappa shape index (κ3) is 5.08. The van der Waals surface area contributed by atoms with Crippen molar-refractivity contribution in [3.8, 4) is 0 Å². The van der Waals surface area contributed by atoms with Gasteiger partial charge in [0.2, 0.25) is 23.1 Å². The minimum Gasteiger partial charge on any atom is -0.507 e. The molecule has 6 nitrogen and oxygen atoms in total. The van der Waals surface area contributed by atoms with Gasteiger partial charge in [-0.3, -0.25) is 19.2 Å². The summed E-state index contributed by atoms with van der Waals surface area (Å²) in [5.41, 5.74) is 1.83. The summed E-state index contributed by atoms with van der Waals surface area (Å²) in [4.78, 5) is 49.3. The van der Waals surface area contributed by atoms with E-state index in [1.54, 1.807) is 48.5 Å². The molecule has 0 amide bonds. The van der Waals surface area contributed by atoms with E-state index in [1.807, 2.05) is 0 Å². The topological polar surface area (TPSA) is 109 Å². The van der Waals surface area contributed by atoms with Crippen molar-refractivity contribution in [3.05, 3.63) is 81.9 Å². The number of aliphatic hydroxyl groups excluding tert-OH is 2. The van der Waals surface area contributed by atoms with Crippen LogP contribution in [0.25, 0.3) is 11.5 Å². The van der Waals surface area contributed by atoms with E-state index < -0.39 is 23.1 Å². The smallest absolute Gasteiger partial charge is 0.234 e. The van der Waals surface area contributed by atoms with Gasteiger partial charge in [-0.05, 0) is 25.7 Å². The molecule has 0 unspecified atom stereocenters. The molecule has 0 radical (unpaired) electrons. The standard InChI is InChI=1S/C30H30O6/c31-25-19-13-9-11-15-21(19)27(33)29(35)23(25)17-7-5-3-1-2-4-6-8-18-24-26(32)20-14-10-12-16-22(20)28(34)30(24)36/h9-16,31-32H,1-8,17-18H2. The molecule has 0 saturated carbocycles. The van der Waals surface area contributed by atoms with Gasteiger partial charge in [0.25, 0.3) is 0 Å². The van der Waals surface area contributed by atoms with Crippen molar-refractivity contribution in [2.24, 2.45) is 0 Å². The molecule has 0 bridgehead atoms. The van der Waals surface area contributed by atoms with Crippen molar-refractivity contribution >= 4 is 34.7 Å². The maximum absolute atomic E-state index is 12.4. The van der Waals surface area contributed by atoms with Gasteiger partial charge in [-0.1, -0.05) is 87.1 Å². The molecule has 2 N–H and O–H groups in total. The Hall–Kier alpha value is -3.80. The second-order valence-corrected chi connectivity index (χ2v) is 9.39. The van der Waals surface area contributed by atoms with Crippen molar-refractivity contribution in [3.63, 3.8) is 0 Å². The molecule has 2 aliphatic rings. The van der Waals surface area contributed by atoms with Gasteiger partial charge in [-0.15, -0.1) is 0 Å². The van der Waals surface area contributed by atoms with Crippen LogP contribution in [0.5, 0.6) is 0 Å². The fourth-order valence-corrected chi connectivity index (χ4v) is 4.96. The highest BCUT2D eigenvalue weighted by Gasteiger charge is 2.33. The summed E-state index contributed by atoms with van der Waals surface area (Å²) in [6.45, 7) is 0. The fourth-order valence-electron chi connectivity index (χ4n) is 4.96. The lowest BCUT2D eigenvalue weighted by molar-refractivity contribution is -0.112. The Morgan fingerprint density at radius 2 is 0.722 bits per heavy atom. The van der Waals surface area contributed by atoms with Crippen LogP contribution >= 0.6 is 0 Å². The number of Topliss-reactive ketones (excluding diaryl/α,β-unsaturated/α-hetero) is 4. The van der Waals surface area contributed by atoms with Crippen molar-refractivity contribution in [2.45, 2.75) is 64.2 Å². The van der Waals surface area contributed by atoms with Crippen LogP contribution in [0.2, 0.25) is 0 Å². The molecule has 0 aliphatic heterocycles. The number of unbranched alkanes of at least 4 members (excludes halogenated alkanes) is 7.